The smallest absolute Gasteiger partial charge is 0.326 e. The normalized spacial score (nSPS) is 11.7. The minimum atomic E-state index is -1.03. The van der Waals surface area contributed by atoms with Crippen molar-refractivity contribution in [3.05, 3.63) is 30.1 Å². The molecule has 0 saturated heterocycles. The summed E-state index contributed by atoms with van der Waals surface area (Å²) < 4.78 is 18.2. The number of aliphatic carboxylic acids is 1. The molecule has 0 aliphatic carbocycles. The van der Waals surface area contributed by atoms with Gasteiger partial charge in [-0.15, -0.1) is 0 Å². The molecule has 1 unspecified atom stereocenters. The molecule has 6 heteroatoms. The number of benzene rings is 1. The van der Waals surface area contributed by atoms with Gasteiger partial charge in [0.05, 0.1) is 6.61 Å². The van der Waals surface area contributed by atoms with Gasteiger partial charge in [0.25, 0.3) is 0 Å². The number of carbonyl (C=O) groups excluding carboxylic acids is 1. The second kappa shape index (κ2) is 8.94. The van der Waals surface area contributed by atoms with Gasteiger partial charge in [-0.25, -0.2) is 9.18 Å². The fraction of sp³-hybridized carbons (Fsp3) is 0.467. The van der Waals surface area contributed by atoms with Crippen LogP contribution in [0.3, 0.4) is 0 Å². The molecule has 0 aliphatic rings. The number of carbonyl (C=O) groups is 2. The van der Waals surface area contributed by atoms with E-state index in [1.165, 1.54) is 12.1 Å². The van der Waals surface area contributed by atoms with E-state index in [0.29, 0.717) is 25.0 Å². The van der Waals surface area contributed by atoms with E-state index >= 15 is 0 Å². The van der Waals surface area contributed by atoms with Crippen molar-refractivity contribution in [2.75, 3.05) is 6.61 Å². The Kier molecular flexibility index (Phi) is 7.21. The second-order valence-electron chi connectivity index (χ2n) is 4.66. The predicted molar refractivity (Wildman–Crippen MR) is 75.6 cm³/mol. The van der Waals surface area contributed by atoms with Gasteiger partial charge < -0.3 is 15.2 Å². The summed E-state index contributed by atoms with van der Waals surface area (Å²) in [7, 11) is 0. The van der Waals surface area contributed by atoms with E-state index in [9.17, 15) is 14.0 Å². The lowest BCUT2D eigenvalue weighted by Gasteiger charge is -2.13. The van der Waals surface area contributed by atoms with Gasteiger partial charge in [-0.1, -0.05) is 19.4 Å². The Labute approximate surface area is 123 Å². The van der Waals surface area contributed by atoms with Gasteiger partial charge in [-0.2, -0.15) is 0 Å². The van der Waals surface area contributed by atoms with Crippen molar-refractivity contribution in [1.29, 1.82) is 0 Å². The highest BCUT2D eigenvalue weighted by Gasteiger charge is 2.18. The van der Waals surface area contributed by atoms with Crippen LogP contribution in [0.25, 0.3) is 0 Å². The largest absolute Gasteiger partial charge is 0.493 e. The first-order valence-electron chi connectivity index (χ1n) is 6.93. The number of amides is 1. The third-order valence-electron chi connectivity index (χ3n) is 2.82. The van der Waals surface area contributed by atoms with Crippen molar-refractivity contribution >= 4 is 11.9 Å². The molecule has 116 valence electrons. The van der Waals surface area contributed by atoms with E-state index in [0.717, 1.165) is 0 Å². The van der Waals surface area contributed by atoms with Crippen molar-refractivity contribution < 1.29 is 23.8 Å². The van der Waals surface area contributed by atoms with Crippen LogP contribution in [0.4, 0.5) is 4.39 Å². The van der Waals surface area contributed by atoms with Crippen LogP contribution >= 0.6 is 0 Å². The van der Waals surface area contributed by atoms with Gasteiger partial charge in [0.2, 0.25) is 5.91 Å². The maximum absolute atomic E-state index is 12.9. The van der Waals surface area contributed by atoms with E-state index in [1.807, 2.05) is 6.92 Å². The molecule has 1 rings (SSSR count). The van der Waals surface area contributed by atoms with Crippen molar-refractivity contribution in [1.82, 2.24) is 5.32 Å². The Bertz CT molecular complexity index is 478. The van der Waals surface area contributed by atoms with Crippen LogP contribution in [0.5, 0.6) is 5.75 Å². The molecule has 0 spiro atoms. The average Bonchev–Trinajstić information content (AvgIpc) is 2.43. The summed E-state index contributed by atoms with van der Waals surface area (Å²) in [4.78, 5) is 22.5. The van der Waals surface area contributed by atoms with Gasteiger partial charge in [-0.05, 0) is 25.0 Å². The molecular weight excluding hydrogens is 277 g/mol. The van der Waals surface area contributed by atoms with E-state index < -0.39 is 12.0 Å². The highest BCUT2D eigenvalue weighted by Crippen LogP contribution is 2.12. The quantitative estimate of drug-likeness (QED) is 0.686. The summed E-state index contributed by atoms with van der Waals surface area (Å²) in [5, 5.41) is 11.4. The van der Waals surface area contributed by atoms with E-state index in [4.69, 9.17) is 9.84 Å². The number of rotatable bonds is 9. The van der Waals surface area contributed by atoms with Crippen LogP contribution in [0.15, 0.2) is 24.3 Å². The summed E-state index contributed by atoms with van der Waals surface area (Å²) in [6.45, 7) is 2.12. The molecule has 1 atom stereocenters. The van der Waals surface area contributed by atoms with Crippen molar-refractivity contribution in [3.8, 4) is 5.75 Å². The lowest BCUT2D eigenvalue weighted by atomic mass is 10.1. The first-order chi connectivity index (χ1) is 10.0. The van der Waals surface area contributed by atoms with Crippen LogP contribution in [-0.4, -0.2) is 29.6 Å². The maximum Gasteiger partial charge on any atom is 0.326 e. The molecule has 1 aromatic carbocycles. The van der Waals surface area contributed by atoms with Gasteiger partial charge >= 0.3 is 5.97 Å². The Morgan fingerprint density at radius 2 is 2.19 bits per heavy atom. The Morgan fingerprint density at radius 3 is 2.81 bits per heavy atom. The molecule has 0 radical (unpaired) electrons. The number of halogens is 1. The van der Waals surface area contributed by atoms with Crippen molar-refractivity contribution in [2.45, 2.75) is 38.6 Å². The van der Waals surface area contributed by atoms with Crippen molar-refractivity contribution in [3.63, 3.8) is 0 Å². The first-order valence-corrected chi connectivity index (χ1v) is 6.93. The van der Waals surface area contributed by atoms with Crippen LogP contribution < -0.4 is 10.1 Å². The molecule has 1 aromatic rings. The first kappa shape index (κ1) is 16.9. The average molecular weight is 297 g/mol. The summed E-state index contributed by atoms with van der Waals surface area (Å²) in [6.07, 6.45) is 1.68. The van der Waals surface area contributed by atoms with E-state index in [2.05, 4.69) is 5.32 Å². The lowest BCUT2D eigenvalue weighted by molar-refractivity contribution is -0.142. The molecule has 1 amide bonds. The summed E-state index contributed by atoms with van der Waals surface area (Å²) in [5.41, 5.74) is 0. The Morgan fingerprint density at radius 1 is 1.43 bits per heavy atom. The van der Waals surface area contributed by atoms with Crippen LogP contribution in [-0.2, 0) is 9.59 Å². The minimum Gasteiger partial charge on any atom is -0.493 e. The lowest BCUT2D eigenvalue weighted by Crippen LogP contribution is -2.40. The zero-order chi connectivity index (χ0) is 15.7. The van der Waals surface area contributed by atoms with E-state index in [1.54, 1.807) is 12.1 Å². The van der Waals surface area contributed by atoms with Gasteiger partial charge in [0.1, 0.15) is 17.6 Å². The number of carboxylic acids is 1. The molecule has 0 aromatic heterocycles. The molecule has 2 N–H and O–H groups in total. The fourth-order valence-corrected chi connectivity index (χ4v) is 1.79. The molecule has 0 saturated carbocycles. The molecule has 0 bridgehead atoms. The van der Waals surface area contributed by atoms with Crippen LogP contribution in [0.2, 0.25) is 0 Å². The Hall–Kier alpha value is -2.11. The maximum atomic E-state index is 12.9. The molecule has 21 heavy (non-hydrogen) atoms. The summed E-state index contributed by atoms with van der Waals surface area (Å²) in [6, 6.07) is 4.92. The zero-order valence-corrected chi connectivity index (χ0v) is 12.0. The number of ether oxygens (including phenoxy) is 1. The molecular formula is C15H20FNO4. The number of hydrogen-bond donors (Lipinski definition) is 2. The second-order valence-corrected chi connectivity index (χ2v) is 4.66. The number of nitrogens with one attached hydrogen (secondary N) is 1. The zero-order valence-electron chi connectivity index (χ0n) is 12.0. The number of carboxylic acid groups (broad SMARTS) is 1. The highest BCUT2D eigenvalue weighted by molar-refractivity contribution is 5.83. The minimum absolute atomic E-state index is 0.169. The molecule has 0 fully saturated rings. The topological polar surface area (TPSA) is 75.6 Å². The molecule has 0 heterocycles. The monoisotopic (exact) mass is 297 g/mol. The third-order valence-corrected chi connectivity index (χ3v) is 2.82. The molecule has 0 aliphatic heterocycles. The highest BCUT2D eigenvalue weighted by atomic mass is 19.1. The molecule has 5 nitrogen and oxygen atoms in total. The Balaban J connectivity index is 2.25. The van der Waals surface area contributed by atoms with Gasteiger partial charge in [0, 0.05) is 12.5 Å². The van der Waals surface area contributed by atoms with Crippen LogP contribution in [0, 0.1) is 5.82 Å². The number of hydrogen-bond acceptors (Lipinski definition) is 3. The SMILES string of the molecule is CCCC(NC(=O)CCCOc1cccc(F)c1)C(=O)O. The summed E-state index contributed by atoms with van der Waals surface area (Å²) in [5.74, 6) is -1.32. The fourth-order valence-electron chi connectivity index (χ4n) is 1.79. The predicted octanol–water partition coefficient (Wildman–Crippen LogP) is 2.35. The van der Waals surface area contributed by atoms with E-state index in [-0.39, 0.29) is 24.8 Å². The standard InChI is InChI=1S/C15H20FNO4/c1-2-5-13(15(19)20)17-14(18)8-4-9-21-12-7-3-6-11(16)10-12/h3,6-7,10,13H,2,4-5,8-9H2,1H3,(H,17,18)(H,19,20). The summed E-state index contributed by atoms with van der Waals surface area (Å²) >= 11 is 0. The third kappa shape index (κ3) is 6.74. The van der Waals surface area contributed by atoms with Gasteiger partial charge in [0.15, 0.2) is 0 Å². The van der Waals surface area contributed by atoms with Crippen molar-refractivity contribution in [2.24, 2.45) is 0 Å². The van der Waals surface area contributed by atoms with Gasteiger partial charge in [-0.3, -0.25) is 4.79 Å². The van der Waals surface area contributed by atoms with Crippen LogP contribution in [0.1, 0.15) is 32.6 Å².